The minimum absolute atomic E-state index is 0.0275. The molecule has 1 aromatic heterocycles. The van der Waals surface area contributed by atoms with Crippen molar-refractivity contribution < 1.29 is 31.7 Å². The summed E-state index contributed by atoms with van der Waals surface area (Å²) in [5.41, 5.74) is 1.19. The van der Waals surface area contributed by atoms with Crippen LogP contribution < -0.4 is 4.57 Å². The lowest BCUT2D eigenvalue weighted by Gasteiger charge is -2.18. The molecule has 1 aromatic carbocycles. The lowest BCUT2D eigenvalue weighted by atomic mass is 10.0. The molecule has 0 saturated carbocycles. The Kier molecular flexibility index (Phi) is 25.2. The van der Waals surface area contributed by atoms with Gasteiger partial charge in [0.1, 0.15) is 18.5 Å². The molecule has 1 unspecified atom stereocenters. The molecule has 2 aromatic rings. The maximum Gasteiger partial charge on any atom is 0.261 e. The Labute approximate surface area is 269 Å². The number of imidazole rings is 1. The third-order valence-electron chi connectivity index (χ3n) is 7.36. The van der Waals surface area contributed by atoms with Crippen molar-refractivity contribution in [3.63, 3.8) is 0 Å². The molecule has 0 amide bonds. The van der Waals surface area contributed by atoms with Crippen LogP contribution in [-0.2, 0) is 44.5 Å². The fraction of sp³-hybridized carbons (Fsp3) is 0.743. The highest BCUT2D eigenvalue weighted by molar-refractivity contribution is 7.85. The zero-order valence-electron chi connectivity index (χ0n) is 28.0. The summed E-state index contributed by atoms with van der Waals surface area (Å²) in [6.07, 6.45) is 28.5. The van der Waals surface area contributed by atoms with Crippen LogP contribution in [0.25, 0.3) is 0 Å². The second-order valence-electron chi connectivity index (χ2n) is 11.9. The summed E-state index contributed by atoms with van der Waals surface area (Å²) < 4.78 is 48.3. The normalized spacial score (nSPS) is 12.2. The van der Waals surface area contributed by atoms with Gasteiger partial charge >= 0.3 is 0 Å². The number of ether oxygens (including phenoxy) is 3. The zero-order chi connectivity index (χ0) is 32.1. The maximum atomic E-state index is 9.19. The molecule has 1 N–H and O–H groups in total. The highest BCUT2D eigenvalue weighted by atomic mass is 32.2. The average Bonchev–Trinajstić information content (AvgIpc) is 3.41. The van der Waals surface area contributed by atoms with Gasteiger partial charge in [-0.1, -0.05) is 121 Å². The molecule has 0 aliphatic rings. The predicted octanol–water partition coefficient (Wildman–Crippen LogP) is 7.70. The number of unbranched alkanes of at least 4 members (excludes halogenated alkanes) is 14. The third-order valence-corrected chi connectivity index (χ3v) is 7.36. The van der Waals surface area contributed by atoms with Gasteiger partial charge in [-0.25, -0.2) is 9.13 Å². The predicted molar refractivity (Wildman–Crippen MR) is 179 cm³/mol. The molecular formula is C35H63N2O6S+. The second-order valence-corrected chi connectivity index (χ2v) is 13.4. The first kappa shape index (κ1) is 40.2. The van der Waals surface area contributed by atoms with E-state index in [1.54, 1.807) is 0 Å². The topological polar surface area (TPSA) is 90.9 Å². The number of hydrogen-bond acceptors (Lipinski definition) is 5. The fourth-order valence-electron chi connectivity index (χ4n) is 4.89. The van der Waals surface area contributed by atoms with Crippen LogP contribution in [0.5, 0.6) is 0 Å². The van der Waals surface area contributed by atoms with Gasteiger partial charge in [-0.2, -0.15) is 8.42 Å². The van der Waals surface area contributed by atoms with Gasteiger partial charge in [0.2, 0.25) is 6.33 Å². The van der Waals surface area contributed by atoms with E-state index in [0.29, 0.717) is 26.1 Å². The summed E-state index contributed by atoms with van der Waals surface area (Å²) in [5.74, 6) is 0. The first-order valence-corrected chi connectivity index (χ1v) is 18.9. The Balaban J connectivity index is 0.00000178. The summed E-state index contributed by atoms with van der Waals surface area (Å²) in [6, 6.07) is 10.4. The highest BCUT2D eigenvalue weighted by Crippen LogP contribution is 2.13. The van der Waals surface area contributed by atoms with Gasteiger partial charge in [0.05, 0.1) is 39.7 Å². The molecule has 0 spiro atoms. The highest BCUT2D eigenvalue weighted by Gasteiger charge is 2.11. The standard InChI is InChI=1S/C34H59N2O3.CH4O3S/c1-3-4-5-6-7-8-9-10-11-12-13-14-15-20-27-37-30-34(39-29-33-22-17-16-18-23-33)31-38-28-21-19-24-36-26-25-35(2)32-36;1-5(2,3)4/h16-18,22-23,25-26,32,34H,3-15,19-21,24,27-31H2,1-2H3;1H3,(H,2,3,4)/q+1;. The van der Waals surface area contributed by atoms with Gasteiger partial charge in [0.25, 0.3) is 10.1 Å². The minimum Gasteiger partial charge on any atom is -0.379 e. The largest absolute Gasteiger partial charge is 0.379 e. The molecule has 0 fully saturated rings. The number of hydrogen-bond donors (Lipinski definition) is 1. The fourth-order valence-corrected chi connectivity index (χ4v) is 4.89. The van der Waals surface area contributed by atoms with Crippen molar-refractivity contribution in [1.29, 1.82) is 0 Å². The van der Waals surface area contributed by atoms with Crippen molar-refractivity contribution in [1.82, 2.24) is 4.57 Å². The summed E-state index contributed by atoms with van der Waals surface area (Å²) in [7, 11) is -1.61. The lowest BCUT2D eigenvalue weighted by Crippen LogP contribution is -2.31. The van der Waals surface area contributed by atoms with Gasteiger partial charge < -0.3 is 14.2 Å². The number of rotatable bonds is 27. The van der Waals surface area contributed by atoms with E-state index in [4.69, 9.17) is 18.8 Å². The molecule has 8 nitrogen and oxygen atoms in total. The summed E-state index contributed by atoms with van der Waals surface area (Å²) in [6.45, 7) is 6.69. The van der Waals surface area contributed by atoms with E-state index in [9.17, 15) is 8.42 Å². The number of nitrogens with zero attached hydrogens (tertiary/aromatic N) is 2. The van der Waals surface area contributed by atoms with E-state index in [2.05, 4.69) is 66.1 Å². The van der Waals surface area contributed by atoms with Crippen LogP contribution in [0, 0.1) is 0 Å². The van der Waals surface area contributed by atoms with Crippen molar-refractivity contribution >= 4 is 10.1 Å². The molecule has 0 bridgehead atoms. The molecule has 44 heavy (non-hydrogen) atoms. The minimum atomic E-state index is -3.67. The van der Waals surface area contributed by atoms with Crippen molar-refractivity contribution in [2.45, 2.75) is 129 Å². The molecule has 1 heterocycles. The van der Waals surface area contributed by atoms with Crippen LogP contribution in [0.2, 0.25) is 0 Å². The number of aryl methyl sites for hydroxylation is 2. The van der Waals surface area contributed by atoms with Crippen molar-refractivity contribution in [2.75, 3.05) is 32.7 Å². The Morgan fingerprint density at radius 1 is 0.773 bits per heavy atom. The summed E-state index contributed by atoms with van der Waals surface area (Å²) in [5, 5.41) is 0. The molecular weight excluding hydrogens is 576 g/mol. The smallest absolute Gasteiger partial charge is 0.261 e. The van der Waals surface area contributed by atoms with E-state index in [-0.39, 0.29) is 6.10 Å². The van der Waals surface area contributed by atoms with Crippen LogP contribution in [0.1, 0.15) is 115 Å². The molecule has 0 saturated heterocycles. The van der Waals surface area contributed by atoms with Gasteiger partial charge in [-0.3, -0.25) is 4.55 Å². The molecule has 0 radical (unpaired) electrons. The maximum absolute atomic E-state index is 9.19. The Hall–Kier alpha value is -1.78. The zero-order valence-corrected chi connectivity index (χ0v) is 28.9. The third kappa shape index (κ3) is 27.7. The number of benzene rings is 1. The van der Waals surface area contributed by atoms with E-state index < -0.39 is 10.1 Å². The van der Waals surface area contributed by atoms with Gasteiger partial charge in [-0.05, 0) is 24.8 Å². The van der Waals surface area contributed by atoms with Crippen molar-refractivity contribution in [3.05, 3.63) is 54.6 Å². The van der Waals surface area contributed by atoms with Crippen LogP contribution >= 0.6 is 0 Å². The molecule has 2 rings (SSSR count). The van der Waals surface area contributed by atoms with Gasteiger partial charge in [0, 0.05) is 13.2 Å². The molecule has 254 valence electrons. The second kappa shape index (κ2) is 27.5. The van der Waals surface area contributed by atoms with Crippen molar-refractivity contribution in [2.24, 2.45) is 7.05 Å². The Bertz CT molecular complexity index is 992. The Morgan fingerprint density at radius 3 is 1.73 bits per heavy atom. The van der Waals surface area contributed by atoms with Crippen LogP contribution in [-0.4, -0.2) is 56.3 Å². The van der Waals surface area contributed by atoms with Crippen LogP contribution in [0.3, 0.4) is 0 Å². The molecule has 1 atom stereocenters. The van der Waals surface area contributed by atoms with Crippen molar-refractivity contribution in [3.8, 4) is 0 Å². The van der Waals surface area contributed by atoms with Crippen LogP contribution in [0.4, 0.5) is 0 Å². The van der Waals surface area contributed by atoms with E-state index in [0.717, 1.165) is 39.0 Å². The van der Waals surface area contributed by atoms with E-state index in [1.165, 1.54) is 89.0 Å². The molecule has 9 heteroatoms. The van der Waals surface area contributed by atoms with E-state index in [1.807, 2.05) is 6.07 Å². The van der Waals surface area contributed by atoms with Gasteiger partial charge in [-0.15, -0.1) is 0 Å². The van der Waals surface area contributed by atoms with Gasteiger partial charge in [0.15, 0.2) is 0 Å². The van der Waals surface area contributed by atoms with Crippen LogP contribution in [0.15, 0.2) is 49.1 Å². The molecule has 0 aliphatic carbocycles. The lowest BCUT2D eigenvalue weighted by molar-refractivity contribution is -0.696. The number of aromatic nitrogens is 2. The quantitative estimate of drug-likeness (QED) is 0.0612. The first-order valence-electron chi connectivity index (χ1n) is 17.0. The van der Waals surface area contributed by atoms with E-state index >= 15 is 0 Å². The average molecular weight is 640 g/mol. The monoisotopic (exact) mass is 639 g/mol. The summed E-state index contributed by atoms with van der Waals surface area (Å²) >= 11 is 0. The first-order chi connectivity index (χ1) is 21.3. The SMILES string of the molecule is CCCCCCCCCCCCCCCCOCC(COCCCC[n+]1ccn(C)c1)OCc1ccccc1.CS(=O)(=O)O. The molecule has 0 aliphatic heterocycles. The Morgan fingerprint density at radius 2 is 1.25 bits per heavy atom. The summed E-state index contributed by atoms with van der Waals surface area (Å²) in [4.78, 5) is 0.